The van der Waals surface area contributed by atoms with E-state index in [2.05, 4.69) is 30.5 Å². The van der Waals surface area contributed by atoms with Gasteiger partial charge in [-0.2, -0.15) is 0 Å². The predicted molar refractivity (Wildman–Crippen MR) is 156 cm³/mol. The molecule has 0 aromatic rings. The first kappa shape index (κ1) is 37.8. The summed E-state index contributed by atoms with van der Waals surface area (Å²) in [6, 6.07) is 0. The molecule has 0 spiro atoms. The maximum atomic E-state index is 12.2. The van der Waals surface area contributed by atoms with Gasteiger partial charge in [-0.15, -0.1) is 0 Å². The Morgan fingerprint density at radius 3 is 1.64 bits per heavy atom. The molecule has 0 unspecified atom stereocenters. The van der Waals surface area contributed by atoms with Gasteiger partial charge in [0.05, 0.1) is 6.61 Å². The molecule has 230 valence electrons. The predicted octanol–water partition coefficient (Wildman–Crippen LogP) is 8.34. The van der Waals surface area contributed by atoms with Crippen LogP contribution in [0.4, 0.5) is 0 Å². The van der Waals surface area contributed by atoms with E-state index in [4.69, 9.17) is 19.3 Å². The van der Waals surface area contributed by atoms with Gasteiger partial charge in [0.1, 0.15) is 6.61 Å². The summed E-state index contributed by atoms with van der Waals surface area (Å²) in [4.78, 5) is 42.3. The van der Waals surface area contributed by atoms with Crippen molar-refractivity contribution in [2.24, 2.45) is 0 Å². The van der Waals surface area contributed by atoms with Crippen molar-refractivity contribution in [1.82, 2.24) is 0 Å². The lowest BCUT2D eigenvalue weighted by atomic mass is 10.1. The summed E-state index contributed by atoms with van der Waals surface area (Å²) in [6.07, 6.45) is 25.1. The summed E-state index contributed by atoms with van der Waals surface area (Å²) >= 11 is 0. The molecule has 0 aromatic carbocycles. The first-order valence-corrected chi connectivity index (χ1v) is 17.0. The number of rotatable bonds is 28. The second-order valence-corrected chi connectivity index (χ2v) is 11.7. The minimum absolute atomic E-state index is 0.214. The molecule has 0 heterocycles. The molecule has 39 heavy (non-hydrogen) atoms. The molecule has 0 amide bonds. The minimum Gasteiger partial charge on any atom is -0.462 e. The molecule has 1 atom stereocenters. The fourth-order valence-corrected chi connectivity index (χ4v) is 4.54. The molecule has 9 heteroatoms. The van der Waals surface area contributed by atoms with E-state index in [1.165, 1.54) is 51.4 Å². The molecule has 0 aliphatic carbocycles. The van der Waals surface area contributed by atoms with E-state index in [0.717, 1.165) is 57.8 Å². The minimum atomic E-state index is -4.73. The fraction of sp³-hybridized carbons (Fsp3) is 0.867. The van der Waals surface area contributed by atoms with E-state index in [9.17, 15) is 14.2 Å². The molecule has 0 aliphatic heterocycles. The zero-order chi connectivity index (χ0) is 29.0. The number of hydrogen-bond acceptors (Lipinski definition) is 6. The third-order valence-electron chi connectivity index (χ3n) is 6.53. The number of carbonyl (C=O) groups excluding carboxylic acids is 2. The molecule has 0 aromatic heterocycles. The molecule has 0 saturated heterocycles. The van der Waals surface area contributed by atoms with Gasteiger partial charge in [0.25, 0.3) is 0 Å². The van der Waals surface area contributed by atoms with Crippen LogP contribution in [-0.4, -0.2) is 41.0 Å². The number of esters is 2. The molecule has 0 bridgehead atoms. The lowest BCUT2D eigenvalue weighted by Crippen LogP contribution is -2.29. The summed E-state index contributed by atoms with van der Waals surface area (Å²) in [7, 11) is -4.73. The normalized spacial score (nSPS) is 12.6. The quantitative estimate of drug-likeness (QED) is 0.0413. The number of ether oxygens (including phenoxy) is 2. The first-order valence-electron chi connectivity index (χ1n) is 15.5. The van der Waals surface area contributed by atoms with Crippen LogP contribution in [0.2, 0.25) is 0 Å². The van der Waals surface area contributed by atoms with Gasteiger partial charge in [-0.05, 0) is 32.1 Å². The van der Waals surface area contributed by atoms with Crippen LogP contribution in [0.5, 0.6) is 0 Å². The van der Waals surface area contributed by atoms with Crippen LogP contribution in [0.1, 0.15) is 149 Å². The third-order valence-corrected chi connectivity index (χ3v) is 7.02. The summed E-state index contributed by atoms with van der Waals surface area (Å²) in [5.74, 6) is -0.897. The first-order chi connectivity index (χ1) is 18.8. The molecule has 0 aliphatic rings. The maximum absolute atomic E-state index is 12.2. The Labute approximate surface area is 237 Å². The van der Waals surface area contributed by atoms with Crippen molar-refractivity contribution in [2.75, 3.05) is 13.2 Å². The number of phosphoric ester groups is 1. The van der Waals surface area contributed by atoms with Gasteiger partial charge in [0.2, 0.25) is 0 Å². The SMILES string of the molecule is CCCC/C=C\CCCCCCCC(=O)OC[C@H](COP(=O)(O)O)OC(=O)CCCCCCCCCCCC. The van der Waals surface area contributed by atoms with Crippen molar-refractivity contribution in [3.8, 4) is 0 Å². The van der Waals surface area contributed by atoms with Crippen LogP contribution >= 0.6 is 7.82 Å². The Kier molecular flexibility index (Phi) is 26.1. The van der Waals surface area contributed by atoms with Crippen LogP contribution in [0.25, 0.3) is 0 Å². The number of phosphoric acid groups is 1. The zero-order valence-corrected chi connectivity index (χ0v) is 25.7. The lowest BCUT2D eigenvalue weighted by molar-refractivity contribution is -0.161. The van der Waals surface area contributed by atoms with Gasteiger partial charge in [-0.25, -0.2) is 4.57 Å². The Morgan fingerprint density at radius 1 is 0.641 bits per heavy atom. The highest BCUT2D eigenvalue weighted by molar-refractivity contribution is 7.46. The molecule has 0 fully saturated rings. The Hall–Kier alpha value is -1.21. The molecular weight excluding hydrogens is 519 g/mol. The van der Waals surface area contributed by atoms with E-state index in [1.807, 2.05) is 0 Å². The molecule has 0 saturated carbocycles. The van der Waals surface area contributed by atoms with E-state index in [1.54, 1.807) is 0 Å². The van der Waals surface area contributed by atoms with Crippen molar-refractivity contribution < 1.29 is 37.9 Å². The van der Waals surface area contributed by atoms with Crippen molar-refractivity contribution in [1.29, 1.82) is 0 Å². The molecular formula is C30H57O8P. The summed E-state index contributed by atoms with van der Waals surface area (Å²) in [5.41, 5.74) is 0. The van der Waals surface area contributed by atoms with Gasteiger partial charge in [-0.1, -0.05) is 116 Å². The summed E-state index contributed by atoms with van der Waals surface area (Å²) < 4.78 is 26.1. The molecule has 8 nitrogen and oxygen atoms in total. The van der Waals surface area contributed by atoms with Gasteiger partial charge in [-0.3, -0.25) is 14.1 Å². The molecule has 2 N–H and O–H groups in total. The van der Waals surface area contributed by atoms with Gasteiger partial charge in [0.15, 0.2) is 6.10 Å². The van der Waals surface area contributed by atoms with E-state index >= 15 is 0 Å². The van der Waals surface area contributed by atoms with Crippen LogP contribution in [0.15, 0.2) is 12.2 Å². The largest absolute Gasteiger partial charge is 0.469 e. The number of unbranched alkanes of at least 4 members (excludes halogenated alkanes) is 16. The lowest BCUT2D eigenvalue weighted by Gasteiger charge is -2.18. The Bertz CT molecular complexity index is 661. The highest BCUT2D eigenvalue weighted by atomic mass is 31.2. The van der Waals surface area contributed by atoms with Gasteiger partial charge in [0, 0.05) is 12.8 Å². The van der Waals surface area contributed by atoms with Crippen LogP contribution in [-0.2, 0) is 28.2 Å². The highest BCUT2D eigenvalue weighted by Crippen LogP contribution is 2.35. The van der Waals surface area contributed by atoms with Crippen molar-refractivity contribution in [2.45, 2.75) is 155 Å². The second kappa shape index (κ2) is 27.0. The van der Waals surface area contributed by atoms with Crippen LogP contribution < -0.4 is 0 Å². The van der Waals surface area contributed by atoms with Crippen molar-refractivity contribution in [3.05, 3.63) is 12.2 Å². The fourth-order valence-electron chi connectivity index (χ4n) is 4.18. The molecule has 0 radical (unpaired) electrons. The summed E-state index contributed by atoms with van der Waals surface area (Å²) in [5, 5.41) is 0. The maximum Gasteiger partial charge on any atom is 0.469 e. The monoisotopic (exact) mass is 576 g/mol. The van der Waals surface area contributed by atoms with Crippen molar-refractivity contribution >= 4 is 19.8 Å². The third kappa shape index (κ3) is 29.6. The summed E-state index contributed by atoms with van der Waals surface area (Å²) in [6.45, 7) is 3.59. The van der Waals surface area contributed by atoms with E-state index in [-0.39, 0.29) is 19.4 Å². The van der Waals surface area contributed by atoms with E-state index < -0.39 is 32.5 Å². The highest BCUT2D eigenvalue weighted by Gasteiger charge is 2.22. The van der Waals surface area contributed by atoms with Crippen LogP contribution in [0.3, 0.4) is 0 Å². The number of hydrogen-bond donors (Lipinski definition) is 2. The van der Waals surface area contributed by atoms with Gasteiger partial charge < -0.3 is 19.3 Å². The standard InChI is InChI=1S/C30H57O8P/c1-3-5-7-9-11-13-15-17-18-20-22-24-29(31)36-26-28(27-37-39(33,34)35)38-30(32)25-23-21-19-16-14-12-10-8-6-4-2/h9,11,28H,3-8,10,12-27H2,1-2H3,(H2,33,34,35)/b11-9-/t28-/m1/s1. The number of carbonyl (C=O) groups is 2. The van der Waals surface area contributed by atoms with E-state index in [0.29, 0.717) is 12.8 Å². The van der Waals surface area contributed by atoms with Crippen molar-refractivity contribution in [3.63, 3.8) is 0 Å². The topological polar surface area (TPSA) is 119 Å². The smallest absolute Gasteiger partial charge is 0.462 e. The average Bonchev–Trinajstić information content (AvgIpc) is 2.89. The number of allylic oxidation sites excluding steroid dienone is 2. The second-order valence-electron chi connectivity index (χ2n) is 10.4. The average molecular weight is 577 g/mol. The van der Waals surface area contributed by atoms with Crippen LogP contribution in [0, 0.1) is 0 Å². The van der Waals surface area contributed by atoms with Gasteiger partial charge >= 0.3 is 19.8 Å². The Morgan fingerprint density at radius 2 is 1.10 bits per heavy atom. The zero-order valence-electron chi connectivity index (χ0n) is 24.8. The molecule has 0 rings (SSSR count). The Balaban J connectivity index is 4.06.